The first kappa shape index (κ1) is 30.2. The van der Waals surface area contributed by atoms with Crippen molar-refractivity contribution in [1.29, 1.82) is 0 Å². The van der Waals surface area contributed by atoms with Crippen molar-refractivity contribution in [2.75, 3.05) is 13.4 Å². The fourth-order valence-electron chi connectivity index (χ4n) is 4.55. The van der Waals surface area contributed by atoms with E-state index in [2.05, 4.69) is 5.32 Å². The molecule has 0 bridgehead atoms. The number of hydrogen-bond acceptors (Lipinski definition) is 4. The molecule has 1 N–H and O–H groups in total. The van der Waals surface area contributed by atoms with Crippen molar-refractivity contribution in [2.45, 2.75) is 22.5 Å². The summed E-state index contributed by atoms with van der Waals surface area (Å²) < 4.78 is 87.9. The number of carbonyl (C=O) groups excluding carboxylic acids is 1. The van der Waals surface area contributed by atoms with Crippen molar-refractivity contribution in [2.24, 2.45) is 0 Å². The van der Waals surface area contributed by atoms with E-state index in [0.29, 0.717) is 11.6 Å². The standard InChI is InChI=1S/C30H26F4NO4PS/c1-39-27-17-21(11-12-26(27)32)29(18-19-7-4-3-5-8-19,22-14-23(30(33,34)40)16-24(31)15-22)35-28(36)20-9-6-10-25(13-20)41(2,37)38/h3-17H,18,40H2,1-2H3,(H,35,36)/t29-/m1/s1. The third-order valence-corrected chi connectivity index (χ3v) is 8.03. The van der Waals surface area contributed by atoms with Gasteiger partial charge in [-0.25, -0.2) is 17.2 Å². The highest BCUT2D eigenvalue weighted by atomic mass is 32.2. The van der Waals surface area contributed by atoms with Crippen molar-refractivity contribution >= 4 is 25.0 Å². The van der Waals surface area contributed by atoms with E-state index in [4.69, 9.17) is 4.74 Å². The van der Waals surface area contributed by atoms with Gasteiger partial charge in [-0.1, -0.05) is 51.7 Å². The first-order valence-electron chi connectivity index (χ1n) is 12.2. The number of amides is 1. The quantitative estimate of drug-likeness (QED) is 0.182. The number of rotatable bonds is 9. The normalized spacial score (nSPS) is 13.3. The molecule has 0 aromatic heterocycles. The van der Waals surface area contributed by atoms with Gasteiger partial charge in [0.15, 0.2) is 21.4 Å². The number of halogens is 4. The number of benzene rings is 4. The van der Waals surface area contributed by atoms with Crippen molar-refractivity contribution < 1.29 is 35.5 Å². The molecule has 0 aliphatic rings. The summed E-state index contributed by atoms with van der Waals surface area (Å²) >= 11 is 0. The Morgan fingerprint density at radius 2 is 1.56 bits per heavy atom. The lowest BCUT2D eigenvalue weighted by molar-refractivity contribution is 0.0911. The van der Waals surface area contributed by atoms with Crippen molar-refractivity contribution in [3.05, 3.63) is 130 Å². The first-order chi connectivity index (χ1) is 19.2. The second-order valence-electron chi connectivity index (χ2n) is 9.52. The van der Waals surface area contributed by atoms with Gasteiger partial charge in [-0.15, -0.1) is 0 Å². The van der Waals surface area contributed by atoms with E-state index in [1.807, 2.05) is 0 Å². The topological polar surface area (TPSA) is 72.5 Å². The smallest absolute Gasteiger partial charge is 0.283 e. The summed E-state index contributed by atoms with van der Waals surface area (Å²) in [4.78, 5) is 13.7. The van der Waals surface area contributed by atoms with Crippen LogP contribution in [0.1, 0.15) is 32.6 Å². The number of methoxy groups -OCH3 is 1. The Morgan fingerprint density at radius 1 is 0.878 bits per heavy atom. The van der Waals surface area contributed by atoms with Crippen LogP contribution in [0.4, 0.5) is 17.6 Å². The minimum atomic E-state index is -3.67. The third-order valence-electron chi connectivity index (χ3n) is 6.58. The molecular weight excluding hydrogens is 577 g/mol. The third kappa shape index (κ3) is 6.77. The zero-order chi connectivity index (χ0) is 30.0. The van der Waals surface area contributed by atoms with E-state index in [9.17, 15) is 30.8 Å². The number of nitrogens with one attached hydrogen (secondary N) is 1. The number of ether oxygens (including phenoxy) is 1. The average molecular weight is 604 g/mol. The van der Waals surface area contributed by atoms with Crippen LogP contribution in [0.25, 0.3) is 0 Å². The van der Waals surface area contributed by atoms with Crippen LogP contribution in [0.3, 0.4) is 0 Å². The molecule has 4 aromatic carbocycles. The molecule has 4 rings (SSSR count). The molecule has 5 nitrogen and oxygen atoms in total. The molecule has 11 heteroatoms. The van der Waals surface area contributed by atoms with Gasteiger partial charge >= 0.3 is 0 Å². The summed E-state index contributed by atoms with van der Waals surface area (Å²) in [6, 6.07) is 20.5. The molecule has 0 spiro atoms. The van der Waals surface area contributed by atoms with Crippen molar-refractivity contribution in [3.63, 3.8) is 0 Å². The first-order valence-corrected chi connectivity index (χ1v) is 14.7. The van der Waals surface area contributed by atoms with Gasteiger partial charge in [0.05, 0.1) is 17.5 Å². The Hall–Kier alpha value is -3.75. The molecule has 0 fully saturated rings. The molecule has 0 aliphatic heterocycles. The van der Waals surface area contributed by atoms with E-state index >= 15 is 0 Å². The summed E-state index contributed by atoms with van der Waals surface area (Å²) in [5, 5.41) is 2.85. The number of carbonyl (C=O) groups is 1. The summed E-state index contributed by atoms with van der Waals surface area (Å²) in [6.45, 7) is 0. The lowest BCUT2D eigenvalue weighted by atomic mass is 9.77. The average Bonchev–Trinajstić information content (AvgIpc) is 2.92. The van der Waals surface area contributed by atoms with Crippen LogP contribution in [-0.4, -0.2) is 27.7 Å². The van der Waals surface area contributed by atoms with Gasteiger partial charge in [-0.2, -0.15) is 8.78 Å². The van der Waals surface area contributed by atoms with Crippen LogP contribution in [0.15, 0.2) is 95.9 Å². The molecule has 0 aliphatic carbocycles. The highest BCUT2D eigenvalue weighted by molar-refractivity contribution is 7.90. The van der Waals surface area contributed by atoms with Crippen LogP contribution < -0.4 is 10.1 Å². The van der Waals surface area contributed by atoms with Gasteiger partial charge in [0.2, 0.25) is 0 Å². The summed E-state index contributed by atoms with van der Waals surface area (Å²) in [5.74, 6) is -2.67. The maximum Gasteiger partial charge on any atom is 0.283 e. The lowest BCUT2D eigenvalue weighted by Crippen LogP contribution is -2.49. The second-order valence-corrected chi connectivity index (χ2v) is 12.3. The Balaban J connectivity index is 2.03. The summed E-state index contributed by atoms with van der Waals surface area (Å²) in [7, 11) is -1.07. The fraction of sp³-hybridized carbons (Fsp3) is 0.167. The number of sulfone groups is 1. The Labute approximate surface area is 237 Å². The second kappa shape index (κ2) is 11.6. The maximum atomic E-state index is 15.0. The Kier molecular flexibility index (Phi) is 8.57. The SMILES string of the molecule is COc1cc([C@@](Cc2ccccc2)(NC(=O)c2cccc(S(C)(=O)=O)c2)c2cc(F)cc(C(F)(F)P)c2)ccc1F. The predicted octanol–water partition coefficient (Wildman–Crippen LogP) is 6.22. The Bertz CT molecular complexity index is 1690. The van der Waals surface area contributed by atoms with Gasteiger partial charge in [0, 0.05) is 23.8 Å². The molecule has 0 saturated carbocycles. The highest BCUT2D eigenvalue weighted by Crippen LogP contribution is 2.41. The molecule has 2 atom stereocenters. The van der Waals surface area contributed by atoms with Crippen molar-refractivity contribution in [3.8, 4) is 5.75 Å². The van der Waals surface area contributed by atoms with Gasteiger partial charge in [-0.05, 0) is 65.2 Å². The van der Waals surface area contributed by atoms with E-state index in [0.717, 1.165) is 24.5 Å². The minimum Gasteiger partial charge on any atom is -0.494 e. The predicted molar refractivity (Wildman–Crippen MR) is 151 cm³/mol. The van der Waals surface area contributed by atoms with Crippen LogP contribution in [0.2, 0.25) is 0 Å². The summed E-state index contributed by atoms with van der Waals surface area (Å²) in [6.07, 6.45) is 0.914. The molecule has 0 saturated heterocycles. The zero-order valence-corrected chi connectivity index (χ0v) is 24.0. The highest BCUT2D eigenvalue weighted by Gasteiger charge is 2.39. The number of hydrogen-bond donors (Lipinski definition) is 1. The van der Waals surface area contributed by atoms with Crippen LogP contribution >= 0.6 is 9.24 Å². The minimum absolute atomic E-state index is 0.0487. The molecule has 1 unspecified atom stereocenters. The molecule has 0 heterocycles. The van der Waals surface area contributed by atoms with Crippen LogP contribution in [-0.2, 0) is 27.5 Å². The van der Waals surface area contributed by atoms with Gasteiger partial charge < -0.3 is 10.1 Å². The van der Waals surface area contributed by atoms with Gasteiger partial charge in [0.1, 0.15) is 5.82 Å². The van der Waals surface area contributed by atoms with E-state index in [1.54, 1.807) is 30.3 Å². The van der Waals surface area contributed by atoms with Crippen LogP contribution in [0, 0.1) is 11.6 Å². The lowest BCUT2D eigenvalue weighted by Gasteiger charge is -2.37. The molecule has 214 valence electrons. The monoisotopic (exact) mass is 603 g/mol. The molecular formula is C30H26F4NO4PS. The zero-order valence-electron chi connectivity index (χ0n) is 22.0. The van der Waals surface area contributed by atoms with E-state index < -0.39 is 44.1 Å². The molecule has 4 aromatic rings. The Morgan fingerprint density at radius 3 is 2.20 bits per heavy atom. The molecule has 0 radical (unpaired) electrons. The largest absolute Gasteiger partial charge is 0.494 e. The summed E-state index contributed by atoms with van der Waals surface area (Å²) in [5.41, 5.74) is -5.21. The van der Waals surface area contributed by atoms with Crippen molar-refractivity contribution in [1.82, 2.24) is 5.32 Å². The fourth-order valence-corrected chi connectivity index (χ4v) is 5.38. The van der Waals surface area contributed by atoms with Gasteiger partial charge in [0.25, 0.3) is 11.6 Å². The van der Waals surface area contributed by atoms with Gasteiger partial charge in [-0.3, -0.25) is 4.79 Å². The molecule has 1 amide bonds. The van der Waals surface area contributed by atoms with Crippen LogP contribution in [0.5, 0.6) is 5.75 Å². The number of alkyl halides is 2. The maximum absolute atomic E-state index is 15.0. The van der Waals surface area contributed by atoms with E-state index in [-0.39, 0.29) is 33.8 Å². The van der Waals surface area contributed by atoms with E-state index in [1.165, 1.54) is 52.7 Å². The molecule has 41 heavy (non-hydrogen) atoms.